The molecule has 0 bridgehead atoms. The summed E-state index contributed by atoms with van der Waals surface area (Å²) in [4.78, 5) is 24.8. The maximum absolute atomic E-state index is 12.5. The molecule has 6 nitrogen and oxygen atoms in total. The Hall–Kier alpha value is -2.54. The molecule has 3 rings (SSSR count). The SMILES string of the molecule is O=C(OCCOc1cccc(Cl)c1)c1ccccc1-n1ncc(Cl)c(Cl)c1=O. The first-order chi connectivity index (χ1) is 13.5. The predicted molar refractivity (Wildman–Crippen MR) is 107 cm³/mol. The molecule has 0 radical (unpaired) electrons. The van der Waals surface area contributed by atoms with Crippen molar-refractivity contribution in [3.05, 3.63) is 85.7 Å². The lowest BCUT2D eigenvalue weighted by Gasteiger charge is -2.11. The molecule has 0 saturated carbocycles. The van der Waals surface area contributed by atoms with Gasteiger partial charge in [-0.05, 0) is 30.3 Å². The van der Waals surface area contributed by atoms with Crippen molar-refractivity contribution in [1.29, 1.82) is 0 Å². The van der Waals surface area contributed by atoms with Crippen LogP contribution in [0, 0.1) is 0 Å². The normalized spacial score (nSPS) is 10.5. The second kappa shape index (κ2) is 9.10. The van der Waals surface area contributed by atoms with Crippen molar-refractivity contribution >= 4 is 40.8 Å². The van der Waals surface area contributed by atoms with E-state index in [0.717, 1.165) is 4.68 Å². The largest absolute Gasteiger partial charge is 0.490 e. The van der Waals surface area contributed by atoms with E-state index in [1.165, 1.54) is 12.3 Å². The zero-order chi connectivity index (χ0) is 20.1. The first kappa shape index (κ1) is 20.2. The van der Waals surface area contributed by atoms with Crippen LogP contribution in [0.15, 0.2) is 59.5 Å². The number of halogens is 3. The van der Waals surface area contributed by atoms with Gasteiger partial charge in [-0.1, -0.05) is 53.0 Å². The Morgan fingerprint density at radius 3 is 2.61 bits per heavy atom. The monoisotopic (exact) mass is 438 g/mol. The number of carbonyl (C=O) groups excluding carboxylic acids is 1. The van der Waals surface area contributed by atoms with Gasteiger partial charge in [-0.2, -0.15) is 9.78 Å². The Bertz CT molecular complexity index is 1070. The Morgan fingerprint density at radius 1 is 1.04 bits per heavy atom. The third-order valence-electron chi connectivity index (χ3n) is 3.61. The van der Waals surface area contributed by atoms with Crippen LogP contribution in [-0.2, 0) is 4.74 Å². The number of benzene rings is 2. The number of aromatic nitrogens is 2. The summed E-state index contributed by atoms with van der Waals surface area (Å²) >= 11 is 17.6. The van der Waals surface area contributed by atoms with Crippen LogP contribution in [0.5, 0.6) is 5.75 Å². The number of esters is 1. The van der Waals surface area contributed by atoms with Crippen LogP contribution in [0.4, 0.5) is 0 Å². The van der Waals surface area contributed by atoms with Crippen molar-refractivity contribution in [2.24, 2.45) is 0 Å². The molecule has 28 heavy (non-hydrogen) atoms. The minimum Gasteiger partial charge on any atom is -0.490 e. The van der Waals surface area contributed by atoms with Gasteiger partial charge in [0.1, 0.15) is 24.0 Å². The molecule has 0 unspecified atom stereocenters. The van der Waals surface area contributed by atoms with Crippen LogP contribution in [0.1, 0.15) is 10.4 Å². The number of hydrogen-bond donors (Lipinski definition) is 0. The molecule has 0 atom stereocenters. The van der Waals surface area contributed by atoms with Gasteiger partial charge in [0, 0.05) is 5.02 Å². The van der Waals surface area contributed by atoms with Gasteiger partial charge in [0.15, 0.2) is 0 Å². The molecule has 0 N–H and O–H groups in total. The first-order valence-electron chi connectivity index (χ1n) is 8.05. The van der Waals surface area contributed by atoms with Gasteiger partial charge in [0.2, 0.25) is 0 Å². The van der Waals surface area contributed by atoms with Gasteiger partial charge in [-0.25, -0.2) is 4.79 Å². The van der Waals surface area contributed by atoms with Gasteiger partial charge in [0.25, 0.3) is 5.56 Å². The molecule has 0 aliphatic rings. The molecule has 1 aromatic heterocycles. The summed E-state index contributed by atoms with van der Waals surface area (Å²) in [5.74, 6) is -0.0689. The molecule has 144 valence electrons. The molecule has 0 aliphatic heterocycles. The molecule has 0 spiro atoms. The van der Waals surface area contributed by atoms with Crippen LogP contribution in [-0.4, -0.2) is 29.0 Å². The standard InChI is InChI=1S/C19H13Cl3N2O4/c20-12-4-3-5-13(10-12)27-8-9-28-19(26)14-6-1-2-7-16(14)24-18(25)17(22)15(21)11-23-24/h1-7,10-11H,8-9H2. The van der Waals surface area contributed by atoms with Crippen molar-refractivity contribution in [3.63, 3.8) is 0 Å². The number of rotatable bonds is 6. The lowest BCUT2D eigenvalue weighted by atomic mass is 10.2. The van der Waals surface area contributed by atoms with E-state index < -0.39 is 11.5 Å². The maximum Gasteiger partial charge on any atom is 0.340 e. The average Bonchev–Trinajstić information content (AvgIpc) is 2.69. The van der Waals surface area contributed by atoms with Crippen LogP contribution >= 0.6 is 34.8 Å². The van der Waals surface area contributed by atoms with Crippen molar-refractivity contribution in [1.82, 2.24) is 9.78 Å². The summed E-state index contributed by atoms with van der Waals surface area (Å²) in [5, 5.41) is 4.33. The number of nitrogens with zero attached hydrogens (tertiary/aromatic N) is 2. The van der Waals surface area contributed by atoms with Crippen molar-refractivity contribution in [3.8, 4) is 11.4 Å². The van der Waals surface area contributed by atoms with E-state index >= 15 is 0 Å². The van der Waals surface area contributed by atoms with E-state index in [1.54, 1.807) is 42.5 Å². The molecule has 2 aromatic carbocycles. The van der Waals surface area contributed by atoms with E-state index in [0.29, 0.717) is 10.8 Å². The molecule has 0 saturated heterocycles. The van der Waals surface area contributed by atoms with Crippen molar-refractivity contribution in [2.45, 2.75) is 0 Å². The topological polar surface area (TPSA) is 70.4 Å². The Morgan fingerprint density at radius 2 is 1.82 bits per heavy atom. The van der Waals surface area contributed by atoms with Crippen LogP contribution in [0.25, 0.3) is 5.69 Å². The maximum atomic E-state index is 12.5. The zero-order valence-corrected chi connectivity index (χ0v) is 16.5. The number of hydrogen-bond acceptors (Lipinski definition) is 5. The fraction of sp³-hybridized carbons (Fsp3) is 0.105. The fourth-order valence-electron chi connectivity index (χ4n) is 2.34. The molecule has 0 aliphatic carbocycles. The summed E-state index contributed by atoms with van der Waals surface area (Å²) < 4.78 is 11.7. The first-order valence-corrected chi connectivity index (χ1v) is 9.19. The van der Waals surface area contributed by atoms with Crippen molar-refractivity contribution < 1.29 is 14.3 Å². The summed E-state index contributed by atoms with van der Waals surface area (Å²) in [7, 11) is 0. The summed E-state index contributed by atoms with van der Waals surface area (Å²) in [5.41, 5.74) is -0.260. The van der Waals surface area contributed by atoms with E-state index in [2.05, 4.69) is 5.10 Å². The van der Waals surface area contributed by atoms with E-state index in [-0.39, 0.29) is 34.5 Å². The minimum absolute atomic E-state index is 0.00336. The highest BCUT2D eigenvalue weighted by Crippen LogP contribution is 2.19. The minimum atomic E-state index is -0.640. The number of ether oxygens (including phenoxy) is 2. The van der Waals surface area contributed by atoms with E-state index in [9.17, 15) is 9.59 Å². The van der Waals surface area contributed by atoms with Crippen molar-refractivity contribution in [2.75, 3.05) is 13.2 Å². The summed E-state index contributed by atoms with van der Waals surface area (Å²) in [6.45, 7) is 0.141. The Balaban J connectivity index is 1.71. The second-order valence-electron chi connectivity index (χ2n) is 5.48. The third kappa shape index (κ3) is 4.65. The quantitative estimate of drug-likeness (QED) is 0.420. The molecule has 0 amide bonds. The number of carbonyl (C=O) groups is 1. The highest BCUT2D eigenvalue weighted by molar-refractivity contribution is 6.41. The Labute approximate surface area is 175 Å². The zero-order valence-electron chi connectivity index (χ0n) is 14.3. The Kier molecular flexibility index (Phi) is 6.57. The molecule has 0 fully saturated rings. The second-order valence-corrected chi connectivity index (χ2v) is 6.70. The van der Waals surface area contributed by atoms with Gasteiger partial charge < -0.3 is 9.47 Å². The van der Waals surface area contributed by atoms with Crippen LogP contribution in [0.3, 0.4) is 0 Å². The molecular formula is C19H13Cl3N2O4. The third-order valence-corrected chi connectivity index (χ3v) is 4.59. The van der Waals surface area contributed by atoms with Crippen LogP contribution in [0.2, 0.25) is 15.1 Å². The van der Waals surface area contributed by atoms with Crippen LogP contribution < -0.4 is 10.3 Å². The molecule has 9 heteroatoms. The van der Waals surface area contributed by atoms with Gasteiger partial charge in [-0.3, -0.25) is 4.79 Å². The lowest BCUT2D eigenvalue weighted by Crippen LogP contribution is -2.24. The predicted octanol–water partition coefficient (Wildman–Crippen LogP) is 4.43. The van der Waals surface area contributed by atoms with Gasteiger partial charge in [-0.15, -0.1) is 0 Å². The molecular weight excluding hydrogens is 427 g/mol. The highest BCUT2D eigenvalue weighted by Gasteiger charge is 2.17. The lowest BCUT2D eigenvalue weighted by molar-refractivity contribution is 0.0450. The van der Waals surface area contributed by atoms with Gasteiger partial charge in [0.05, 0.1) is 22.5 Å². The molecule has 1 heterocycles. The molecule has 3 aromatic rings. The average molecular weight is 440 g/mol. The summed E-state index contributed by atoms with van der Waals surface area (Å²) in [6.07, 6.45) is 1.23. The van der Waals surface area contributed by atoms with E-state index in [1.807, 2.05) is 0 Å². The highest BCUT2D eigenvalue weighted by atomic mass is 35.5. The van der Waals surface area contributed by atoms with E-state index in [4.69, 9.17) is 44.3 Å². The smallest absolute Gasteiger partial charge is 0.340 e. The summed E-state index contributed by atoms with van der Waals surface area (Å²) in [6, 6.07) is 13.2. The number of para-hydroxylation sites is 1. The van der Waals surface area contributed by atoms with Gasteiger partial charge >= 0.3 is 5.97 Å². The fourth-order valence-corrected chi connectivity index (χ4v) is 2.78.